The molecule has 1 heterocycles. The minimum atomic E-state index is -4.52. The van der Waals surface area contributed by atoms with E-state index in [1.54, 1.807) is 7.05 Å². The minimum absolute atomic E-state index is 0.0188. The zero-order valence-electron chi connectivity index (χ0n) is 12.2. The summed E-state index contributed by atoms with van der Waals surface area (Å²) >= 11 is 0. The van der Waals surface area contributed by atoms with Crippen molar-refractivity contribution in [2.75, 3.05) is 13.6 Å². The molecule has 0 bridgehead atoms. The fraction of sp³-hybridized carbons (Fsp3) is 0.429. The molecule has 0 spiro atoms. The number of nitrogens with zero attached hydrogens (tertiary/aromatic N) is 2. The van der Waals surface area contributed by atoms with Crippen molar-refractivity contribution in [2.24, 2.45) is 7.05 Å². The number of nitrogens with one attached hydrogen (secondary N) is 1. The van der Waals surface area contributed by atoms with Crippen molar-refractivity contribution in [1.29, 1.82) is 0 Å². The summed E-state index contributed by atoms with van der Waals surface area (Å²) in [5.74, 6) is 0. The van der Waals surface area contributed by atoms with Gasteiger partial charge in [-0.05, 0) is 38.2 Å². The second kappa shape index (κ2) is 5.96. The number of aryl methyl sites for hydroxylation is 1. The molecular weight excluding hydrogens is 299 g/mol. The molecule has 22 heavy (non-hydrogen) atoms. The second-order valence-corrected chi connectivity index (χ2v) is 4.99. The predicted octanol–water partition coefficient (Wildman–Crippen LogP) is 1.33. The van der Waals surface area contributed by atoms with Gasteiger partial charge < -0.3 is 5.32 Å². The molecule has 1 aromatic carbocycles. The van der Waals surface area contributed by atoms with Gasteiger partial charge in [0, 0.05) is 13.6 Å². The van der Waals surface area contributed by atoms with Crippen LogP contribution in [0.4, 0.5) is 13.2 Å². The number of rotatable bonds is 4. The van der Waals surface area contributed by atoms with Crippen LogP contribution >= 0.6 is 0 Å². The lowest BCUT2D eigenvalue weighted by molar-refractivity contribution is -0.137. The van der Waals surface area contributed by atoms with Crippen molar-refractivity contribution in [2.45, 2.75) is 19.1 Å². The van der Waals surface area contributed by atoms with E-state index < -0.39 is 23.0 Å². The van der Waals surface area contributed by atoms with E-state index in [0.29, 0.717) is 13.0 Å². The lowest BCUT2D eigenvalue weighted by atomic mass is 10.1. The summed E-state index contributed by atoms with van der Waals surface area (Å²) in [6.45, 7) is 0.837. The van der Waals surface area contributed by atoms with Crippen LogP contribution in [0, 0.1) is 0 Å². The zero-order valence-corrected chi connectivity index (χ0v) is 12.2. The van der Waals surface area contributed by atoms with E-state index in [-0.39, 0.29) is 17.4 Å². The quantitative estimate of drug-likeness (QED) is 0.866. The topological polar surface area (TPSA) is 56.0 Å². The Bertz CT molecular complexity index is 806. The number of halogens is 3. The van der Waals surface area contributed by atoms with Crippen LogP contribution < -0.4 is 16.6 Å². The molecule has 0 saturated carbocycles. The van der Waals surface area contributed by atoms with Crippen LogP contribution in [-0.4, -0.2) is 22.7 Å². The average molecular weight is 315 g/mol. The predicted molar refractivity (Wildman–Crippen MR) is 77.0 cm³/mol. The molecule has 0 aliphatic heterocycles. The first-order valence-corrected chi connectivity index (χ1v) is 6.72. The molecule has 0 atom stereocenters. The Morgan fingerprint density at radius 2 is 1.91 bits per heavy atom. The Balaban J connectivity index is 2.65. The van der Waals surface area contributed by atoms with Crippen LogP contribution in [0.5, 0.6) is 0 Å². The third-order valence-corrected chi connectivity index (χ3v) is 3.49. The number of fused-ring (bicyclic) bond motifs is 1. The maximum atomic E-state index is 12.8. The lowest BCUT2D eigenvalue weighted by Crippen LogP contribution is -2.39. The molecule has 2 aromatic rings. The standard InChI is InChI=1S/C14H16F3N3O2/c1-18-6-3-7-20-12(21)10-5-4-9(14(15,16)17)8-11(10)19(2)13(20)22/h4-5,8,18H,3,6-7H2,1-2H3. The summed E-state index contributed by atoms with van der Waals surface area (Å²) in [5, 5.41) is 3.00. The monoisotopic (exact) mass is 315 g/mol. The highest BCUT2D eigenvalue weighted by Gasteiger charge is 2.31. The Morgan fingerprint density at radius 1 is 1.23 bits per heavy atom. The molecular formula is C14H16F3N3O2. The molecule has 0 unspecified atom stereocenters. The number of hydrogen-bond acceptors (Lipinski definition) is 3. The number of benzene rings is 1. The third-order valence-electron chi connectivity index (χ3n) is 3.49. The van der Waals surface area contributed by atoms with E-state index in [1.165, 1.54) is 7.05 Å². The van der Waals surface area contributed by atoms with E-state index >= 15 is 0 Å². The van der Waals surface area contributed by atoms with E-state index in [9.17, 15) is 22.8 Å². The fourth-order valence-corrected chi connectivity index (χ4v) is 2.29. The van der Waals surface area contributed by atoms with Crippen LogP contribution in [0.1, 0.15) is 12.0 Å². The lowest BCUT2D eigenvalue weighted by Gasteiger charge is -2.13. The second-order valence-electron chi connectivity index (χ2n) is 4.99. The summed E-state index contributed by atoms with van der Waals surface area (Å²) in [5.41, 5.74) is -2.09. The molecule has 0 fully saturated rings. The molecule has 0 amide bonds. The van der Waals surface area contributed by atoms with Gasteiger partial charge in [-0.1, -0.05) is 0 Å². The first-order chi connectivity index (χ1) is 10.3. The van der Waals surface area contributed by atoms with E-state index in [4.69, 9.17) is 0 Å². The average Bonchev–Trinajstić information content (AvgIpc) is 2.47. The SMILES string of the molecule is CNCCCn1c(=O)c2ccc(C(F)(F)F)cc2n(C)c1=O. The van der Waals surface area contributed by atoms with Gasteiger partial charge in [0.1, 0.15) is 0 Å². The van der Waals surface area contributed by atoms with Gasteiger partial charge in [0.15, 0.2) is 0 Å². The van der Waals surface area contributed by atoms with Crippen molar-refractivity contribution in [3.05, 3.63) is 44.6 Å². The largest absolute Gasteiger partial charge is 0.416 e. The molecule has 1 N–H and O–H groups in total. The molecule has 1 aromatic heterocycles. The summed E-state index contributed by atoms with van der Waals surface area (Å²) in [6.07, 6.45) is -3.95. The van der Waals surface area contributed by atoms with Gasteiger partial charge in [0.25, 0.3) is 5.56 Å². The molecule has 120 valence electrons. The first kappa shape index (κ1) is 16.3. The van der Waals surface area contributed by atoms with Gasteiger partial charge in [-0.25, -0.2) is 4.79 Å². The Kier molecular flexibility index (Phi) is 4.41. The van der Waals surface area contributed by atoms with Gasteiger partial charge in [0.05, 0.1) is 16.5 Å². The van der Waals surface area contributed by atoms with Crippen LogP contribution in [0.3, 0.4) is 0 Å². The molecule has 5 nitrogen and oxygen atoms in total. The highest BCUT2D eigenvalue weighted by atomic mass is 19.4. The van der Waals surface area contributed by atoms with Gasteiger partial charge in [0.2, 0.25) is 0 Å². The summed E-state index contributed by atoms with van der Waals surface area (Å²) in [7, 11) is 3.11. The fourth-order valence-electron chi connectivity index (χ4n) is 2.29. The molecule has 0 aliphatic carbocycles. The molecule has 0 radical (unpaired) electrons. The van der Waals surface area contributed by atoms with Crippen LogP contribution in [0.15, 0.2) is 27.8 Å². The van der Waals surface area contributed by atoms with Crippen molar-refractivity contribution in [3.8, 4) is 0 Å². The maximum absolute atomic E-state index is 12.8. The van der Waals surface area contributed by atoms with Crippen LogP contribution in [-0.2, 0) is 19.8 Å². The van der Waals surface area contributed by atoms with Gasteiger partial charge >= 0.3 is 11.9 Å². The minimum Gasteiger partial charge on any atom is -0.320 e. The molecule has 2 rings (SSSR count). The first-order valence-electron chi connectivity index (χ1n) is 6.72. The zero-order chi connectivity index (χ0) is 16.5. The summed E-state index contributed by atoms with van der Waals surface area (Å²) < 4.78 is 40.4. The van der Waals surface area contributed by atoms with E-state index in [0.717, 1.165) is 27.3 Å². The number of hydrogen-bond donors (Lipinski definition) is 1. The van der Waals surface area contributed by atoms with Crippen molar-refractivity contribution in [3.63, 3.8) is 0 Å². The smallest absolute Gasteiger partial charge is 0.320 e. The Morgan fingerprint density at radius 3 is 2.50 bits per heavy atom. The Hall–Kier alpha value is -2.09. The highest BCUT2D eigenvalue weighted by Crippen LogP contribution is 2.30. The van der Waals surface area contributed by atoms with Crippen molar-refractivity contribution in [1.82, 2.24) is 14.5 Å². The van der Waals surface area contributed by atoms with Gasteiger partial charge in [-0.3, -0.25) is 13.9 Å². The summed E-state index contributed by atoms with van der Waals surface area (Å²) in [6, 6.07) is 2.80. The maximum Gasteiger partial charge on any atom is 0.416 e. The third kappa shape index (κ3) is 2.92. The Labute approximate surface area is 124 Å². The normalized spacial score (nSPS) is 12.0. The van der Waals surface area contributed by atoms with Gasteiger partial charge in [-0.2, -0.15) is 13.2 Å². The summed E-state index contributed by atoms with van der Waals surface area (Å²) in [4.78, 5) is 24.5. The molecule has 8 heteroatoms. The molecule has 0 saturated heterocycles. The van der Waals surface area contributed by atoms with Gasteiger partial charge in [-0.15, -0.1) is 0 Å². The molecule has 0 aliphatic rings. The number of alkyl halides is 3. The number of aromatic nitrogens is 2. The van der Waals surface area contributed by atoms with Crippen molar-refractivity contribution >= 4 is 10.9 Å². The highest BCUT2D eigenvalue weighted by molar-refractivity contribution is 5.78. The van der Waals surface area contributed by atoms with Crippen LogP contribution in [0.25, 0.3) is 10.9 Å². The van der Waals surface area contributed by atoms with E-state index in [2.05, 4.69) is 5.32 Å². The van der Waals surface area contributed by atoms with Crippen molar-refractivity contribution < 1.29 is 13.2 Å². The van der Waals surface area contributed by atoms with Crippen LogP contribution in [0.2, 0.25) is 0 Å². The van der Waals surface area contributed by atoms with E-state index in [1.807, 2.05) is 0 Å².